The van der Waals surface area contributed by atoms with Gasteiger partial charge in [0.25, 0.3) is 0 Å². The van der Waals surface area contributed by atoms with E-state index in [1.54, 1.807) is 4.68 Å². The number of nitrogens with one attached hydrogen (secondary N) is 1. The fraction of sp³-hybridized carbons (Fsp3) is 0.176. The van der Waals surface area contributed by atoms with Gasteiger partial charge in [0.1, 0.15) is 5.69 Å². The van der Waals surface area contributed by atoms with Crippen LogP contribution in [0.5, 0.6) is 0 Å². The monoisotopic (exact) mass is 292 g/mol. The molecule has 0 bridgehead atoms. The Morgan fingerprint density at radius 1 is 1.05 bits per heavy atom. The van der Waals surface area contributed by atoms with Crippen LogP contribution in [0.3, 0.4) is 0 Å². The maximum atomic E-state index is 9.31. The number of benzene rings is 2. The summed E-state index contributed by atoms with van der Waals surface area (Å²) in [7, 11) is 0. The molecule has 0 fully saturated rings. The van der Waals surface area contributed by atoms with Crippen molar-refractivity contribution in [3.05, 3.63) is 54.1 Å². The van der Waals surface area contributed by atoms with Crippen LogP contribution in [0.1, 0.15) is 5.56 Å². The Kier molecular flexibility index (Phi) is 3.12. The maximum absolute atomic E-state index is 9.31. The van der Waals surface area contributed by atoms with E-state index in [2.05, 4.69) is 33.8 Å². The first kappa shape index (κ1) is 13.0. The SMILES string of the molecule is OCCn1nnc2c1-c1ccccc1CNc1ccccc1-2. The van der Waals surface area contributed by atoms with E-state index in [0.717, 1.165) is 34.7 Å². The van der Waals surface area contributed by atoms with Gasteiger partial charge in [0, 0.05) is 23.4 Å². The molecule has 0 aliphatic carbocycles. The molecule has 0 radical (unpaired) electrons. The van der Waals surface area contributed by atoms with E-state index in [1.807, 2.05) is 30.3 Å². The Morgan fingerprint density at radius 3 is 2.68 bits per heavy atom. The smallest absolute Gasteiger partial charge is 0.123 e. The quantitative estimate of drug-likeness (QED) is 0.762. The molecule has 110 valence electrons. The third kappa shape index (κ3) is 1.98. The van der Waals surface area contributed by atoms with Crippen molar-refractivity contribution in [1.82, 2.24) is 15.0 Å². The zero-order valence-corrected chi connectivity index (χ0v) is 12.0. The van der Waals surface area contributed by atoms with Crippen LogP contribution in [0.15, 0.2) is 48.5 Å². The molecule has 1 aliphatic heterocycles. The van der Waals surface area contributed by atoms with Crippen molar-refractivity contribution in [3.8, 4) is 22.5 Å². The molecule has 3 aromatic rings. The van der Waals surface area contributed by atoms with Crippen LogP contribution < -0.4 is 5.32 Å². The van der Waals surface area contributed by atoms with Crippen molar-refractivity contribution < 1.29 is 5.11 Å². The van der Waals surface area contributed by atoms with Gasteiger partial charge < -0.3 is 10.4 Å². The van der Waals surface area contributed by atoms with Gasteiger partial charge >= 0.3 is 0 Å². The minimum atomic E-state index is 0.0395. The zero-order chi connectivity index (χ0) is 14.9. The lowest BCUT2D eigenvalue weighted by Crippen LogP contribution is -2.10. The van der Waals surface area contributed by atoms with Crippen LogP contribution in [-0.4, -0.2) is 26.7 Å². The van der Waals surface area contributed by atoms with Crippen molar-refractivity contribution in [2.45, 2.75) is 13.1 Å². The fourth-order valence-electron chi connectivity index (χ4n) is 2.95. The van der Waals surface area contributed by atoms with E-state index < -0.39 is 0 Å². The summed E-state index contributed by atoms with van der Waals surface area (Å²) < 4.78 is 1.79. The second kappa shape index (κ2) is 5.27. The molecule has 1 aromatic heterocycles. The largest absolute Gasteiger partial charge is 0.394 e. The molecule has 0 spiro atoms. The van der Waals surface area contributed by atoms with Gasteiger partial charge in [-0.15, -0.1) is 5.10 Å². The predicted molar refractivity (Wildman–Crippen MR) is 85.3 cm³/mol. The number of aliphatic hydroxyl groups is 1. The fourth-order valence-corrected chi connectivity index (χ4v) is 2.95. The number of para-hydroxylation sites is 1. The van der Waals surface area contributed by atoms with Gasteiger partial charge in [-0.3, -0.25) is 0 Å². The Labute approximate surface area is 128 Å². The Balaban J connectivity index is 2.03. The van der Waals surface area contributed by atoms with Gasteiger partial charge in [0.2, 0.25) is 0 Å². The Morgan fingerprint density at radius 2 is 1.82 bits per heavy atom. The highest BCUT2D eigenvalue weighted by atomic mass is 16.3. The van der Waals surface area contributed by atoms with Crippen LogP contribution in [0.25, 0.3) is 22.5 Å². The van der Waals surface area contributed by atoms with Crippen molar-refractivity contribution in [2.24, 2.45) is 0 Å². The first-order valence-electron chi connectivity index (χ1n) is 7.34. The van der Waals surface area contributed by atoms with Crippen molar-refractivity contribution >= 4 is 5.69 Å². The molecule has 5 heteroatoms. The van der Waals surface area contributed by atoms with Crippen LogP contribution in [0.2, 0.25) is 0 Å². The summed E-state index contributed by atoms with van der Waals surface area (Å²) in [5, 5.41) is 21.4. The molecule has 5 nitrogen and oxygen atoms in total. The third-order valence-corrected chi connectivity index (χ3v) is 3.97. The predicted octanol–water partition coefficient (Wildman–Crippen LogP) is 2.53. The van der Waals surface area contributed by atoms with Crippen molar-refractivity contribution in [1.29, 1.82) is 0 Å². The molecule has 0 unspecified atom stereocenters. The number of nitrogens with zero attached hydrogens (tertiary/aromatic N) is 3. The Bertz CT molecular complexity index is 825. The molecule has 4 rings (SSSR count). The number of hydrogen-bond donors (Lipinski definition) is 2. The van der Waals surface area contributed by atoms with Crippen molar-refractivity contribution in [3.63, 3.8) is 0 Å². The van der Waals surface area contributed by atoms with E-state index in [-0.39, 0.29) is 6.61 Å². The van der Waals surface area contributed by atoms with Gasteiger partial charge in [0.15, 0.2) is 0 Å². The summed E-state index contributed by atoms with van der Waals surface area (Å²) in [5.74, 6) is 0. The summed E-state index contributed by atoms with van der Waals surface area (Å²) in [6, 6.07) is 16.4. The third-order valence-electron chi connectivity index (χ3n) is 3.97. The number of fused-ring (bicyclic) bond motifs is 5. The van der Waals surface area contributed by atoms with E-state index >= 15 is 0 Å². The normalized spacial score (nSPS) is 12.4. The van der Waals surface area contributed by atoms with Gasteiger partial charge in [-0.25, -0.2) is 4.68 Å². The molecule has 2 heterocycles. The van der Waals surface area contributed by atoms with Gasteiger partial charge in [-0.2, -0.15) is 0 Å². The molecular weight excluding hydrogens is 276 g/mol. The lowest BCUT2D eigenvalue weighted by atomic mass is 9.97. The average molecular weight is 292 g/mol. The van der Waals surface area contributed by atoms with E-state index in [4.69, 9.17) is 0 Å². The zero-order valence-electron chi connectivity index (χ0n) is 12.0. The highest BCUT2D eigenvalue weighted by Crippen LogP contribution is 2.38. The number of rotatable bonds is 2. The molecular formula is C17H16N4O. The van der Waals surface area contributed by atoms with Crippen LogP contribution in [-0.2, 0) is 13.1 Å². The number of aliphatic hydroxyl groups excluding tert-OH is 1. The molecule has 22 heavy (non-hydrogen) atoms. The van der Waals surface area contributed by atoms with Gasteiger partial charge in [-0.05, 0) is 11.6 Å². The minimum Gasteiger partial charge on any atom is -0.394 e. The highest BCUT2D eigenvalue weighted by Gasteiger charge is 2.22. The first-order valence-corrected chi connectivity index (χ1v) is 7.34. The summed E-state index contributed by atoms with van der Waals surface area (Å²) >= 11 is 0. The topological polar surface area (TPSA) is 63.0 Å². The number of hydrogen-bond acceptors (Lipinski definition) is 4. The minimum absolute atomic E-state index is 0.0395. The molecule has 2 N–H and O–H groups in total. The van der Waals surface area contributed by atoms with E-state index in [9.17, 15) is 5.11 Å². The second-order valence-corrected chi connectivity index (χ2v) is 5.29. The first-order chi connectivity index (χ1) is 10.9. The highest BCUT2D eigenvalue weighted by molar-refractivity contribution is 5.87. The summed E-state index contributed by atoms with van der Waals surface area (Å²) in [6.45, 7) is 1.22. The van der Waals surface area contributed by atoms with E-state index in [1.165, 1.54) is 5.56 Å². The summed E-state index contributed by atoms with van der Waals surface area (Å²) in [4.78, 5) is 0. The maximum Gasteiger partial charge on any atom is 0.123 e. The van der Waals surface area contributed by atoms with E-state index in [0.29, 0.717) is 6.54 Å². The van der Waals surface area contributed by atoms with Gasteiger partial charge in [-0.1, -0.05) is 47.7 Å². The van der Waals surface area contributed by atoms with Crippen molar-refractivity contribution in [2.75, 3.05) is 11.9 Å². The molecule has 0 saturated heterocycles. The van der Waals surface area contributed by atoms with Crippen LogP contribution >= 0.6 is 0 Å². The summed E-state index contributed by atoms with van der Waals surface area (Å²) in [5.41, 5.74) is 6.21. The lowest BCUT2D eigenvalue weighted by molar-refractivity contribution is 0.269. The molecule has 0 saturated carbocycles. The molecule has 1 aliphatic rings. The molecule has 0 amide bonds. The molecule has 2 aromatic carbocycles. The number of aromatic nitrogens is 3. The second-order valence-electron chi connectivity index (χ2n) is 5.29. The van der Waals surface area contributed by atoms with Crippen LogP contribution in [0, 0.1) is 0 Å². The summed E-state index contributed by atoms with van der Waals surface area (Å²) in [6.07, 6.45) is 0. The molecule has 0 atom stereocenters. The standard InChI is InChI=1S/C17H16N4O/c22-10-9-21-17-13-6-2-1-5-12(13)11-18-15-8-4-3-7-14(15)16(17)19-20-21/h1-8,18,22H,9-11H2. The Hall–Kier alpha value is -2.66. The number of anilines is 1. The van der Waals surface area contributed by atoms with Gasteiger partial charge in [0.05, 0.1) is 18.8 Å². The van der Waals surface area contributed by atoms with Crippen LogP contribution in [0.4, 0.5) is 5.69 Å². The average Bonchev–Trinajstić information content (AvgIpc) is 2.95. The lowest BCUT2D eigenvalue weighted by Gasteiger charge is -2.19.